The van der Waals surface area contributed by atoms with E-state index in [9.17, 15) is 4.79 Å². The number of carbonyl (C=O) groups is 1. The van der Waals surface area contributed by atoms with Crippen molar-refractivity contribution in [2.45, 2.75) is 38.1 Å². The summed E-state index contributed by atoms with van der Waals surface area (Å²) >= 11 is 0. The normalized spacial score (nSPS) is 20.0. The number of aryl methyl sites for hydroxylation is 1. The van der Waals surface area contributed by atoms with Crippen molar-refractivity contribution in [1.29, 1.82) is 0 Å². The van der Waals surface area contributed by atoms with Crippen LogP contribution in [0.15, 0.2) is 67.9 Å². The lowest BCUT2D eigenvalue weighted by molar-refractivity contribution is -0.134. The lowest BCUT2D eigenvalue weighted by atomic mass is 9.71. The second-order valence-corrected chi connectivity index (χ2v) is 10.6. The van der Waals surface area contributed by atoms with Gasteiger partial charge in [0.05, 0.1) is 11.2 Å². The van der Waals surface area contributed by atoms with Crippen LogP contribution in [-0.4, -0.2) is 52.9 Å². The zero-order valence-corrected chi connectivity index (χ0v) is 22.4. The number of piperidine rings is 2. The van der Waals surface area contributed by atoms with Crippen LogP contribution in [0.2, 0.25) is 0 Å². The smallest absolute Gasteiger partial charge is 0.246 e. The first-order valence-electron chi connectivity index (χ1n) is 13.6. The first-order valence-corrected chi connectivity index (χ1v) is 13.6. The lowest BCUT2D eigenvalue weighted by Crippen LogP contribution is -2.54. The molecule has 2 saturated heterocycles. The number of anilines is 2. The number of halogens is 1. The summed E-state index contributed by atoms with van der Waals surface area (Å²) in [6.45, 7) is 6.29. The molecule has 1 amide bonds. The van der Waals surface area contributed by atoms with Crippen LogP contribution < -0.4 is 10.1 Å². The van der Waals surface area contributed by atoms with E-state index in [-0.39, 0.29) is 23.6 Å². The minimum Gasteiger partial charge on any atom is -0.457 e. The Kier molecular flexibility index (Phi) is 6.06. The summed E-state index contributed by atoms with van der Waals surface area (Å²) in [5, 5.41) is 7.20. The fourth-order valence-corrected chi connectivity index (χ4v) is 6.12. The fraction of sp³-hybridized carbons (Fsp3) is 0.267. The Morgan fingerprint density at radius 1 is 1.15 bits per heavy atom. The molecule has 0 unspecified atom stereocenters. The maximum Gasteiger partial charge on any atom is 0.246 e. The van der Waals surface area contributed by atoms with E-state index in [4.69, 9.17) is 9.72 Å². The van der Waals surface area contributed by atoms with Gasteiger partial charge in [0, 0.05) is 42.5 Å². The molecule has 1 aromatic carbocycles. The van der Waals surface area contributed by atoms with Gasteiger partial charge < -0.3 is 15.0 Å². The first-order chi connectivity index (χ1) is 20.0. The molecule has 3 atom stereocenters. The zero-order chi connectivity index (χ0) is 28.1. The summed E-state index contributed by atoms with van der Waals surface area (Å²) in [5.74, 6) is 1.32. The van der Waals surface area contributed by atoms with E-state index >= 15 is 4.39 Å². The van der Waals surface area contributed by atoms with Crippen LogP contribution in [0.5, 0.6) is 11.5 Å². The summed E-state index contributed by atoms with van der Waals surface area (Å²) in [5.41, 5.74) is 3.68. The molecular weight excluding hydrogens is 523 g/mol. The van der Waals surface area contributed by atoms with Gasteiger partial charge in [-0.05, 0) is 68.0 Å². The van der Waals surface area contributed by atoms with E-state index in [1.165, 1.54) is 24.8 Å². The molecule has 6 heterocycles. The van der Waals surface area contributed by atoms with Gasteiger partial charge in [-0.15, -0.1) is 0 Å². The Balaban J connectivity index is 1.18. The van der Waals surface area contributed by atoms with Crippen molar-refractivity contribution in [2.24, 2.45) is 5.92 Å². The molecule has 3 fully saturated rings. The average molecular weight is 551 g/mol. The van der Waals surface area contributed by atoms with Crippen LogP contribution >= 0.6 is 0 Å². The van der Waals surface area contributed by atoms with Crippen molar-refractivity contribution in [3.8, 4) is 11.5 Å². The number of aromatic nitrogens is 6. The number of benzene rings is 1. The quantitative estimate of drug-likeness (QED) is 0.283. The Labute approximate surface area is 234 Å². The van der Waals surface area contributed by atoms with Crippen LogP contribution in [0.1, 0.15) is 36.4 Å². The summed E-state index contributed by atoms with van der Waals surface area (Å²) < 4.78 is 23.0. The van der Waals surface area contributed by atoms with Crippen LogP contribution in [0.25, 0.3) is 16.7 Å². The van der Waals surface area contributed by atoms with Gasteiger partial charge in [0.1, 0.15) is 35.5 Å². The van der Waals surface area contributed by atoms with E-state index in [0.29, 0.717) is 39.9 Å². The molecule has 1 N–H and O–H groups in total. The predicted octanol–water partition coefficient (Wildman–Crippen LogP) is 5.33. The molecule has 5 aromatic rings. The molecule has 2 aliphatic heterocycles. The monoisotopic (exact) mass is 550 g/mol. The molecule has 4 aromatic heterocycles. The molecule has 10 nitrogen and oxygen atoms in total. The second-order valence-electron chi connectivity index (χ2n) is 10.6. The number of rotatable bonds is 6. The zero-order valence-electron chi connectivity index (χ0n) is 22.4. The van der Waals surface area contributed by atoms with E-state index in [0.717, 1.165) is 37.1 Å². The Morgan fingerprint density at radius 2 is 2.05 bits per heavy atom. The van der Waals surface area contributed by atoms with E-state index < -0.39 is 5.82 Å². The van der Waals surface area contributed by atoms with Crippen molar-refractivity contribution in [1.82, 2.24) is 34.4 Å². The van der Waals surface area contributed by atoms with E-state index in [1.54, 1.807) is 28.9 Å². The number of hydrogen-bond donors (Lipinski definition) is 1. The van der Waals surface area contributed by atoms with Gasteiger partial charge in [-0.1, -0.05) is 6.58 Å². The highest BCUT2D eigenvalue weighted by atomic mass is 19.1. The third-order valence-electron chi connectivity index (χ3n) is 8.12. The molecule has 0 spiro atoms. The maximum atomic E-state index is 15.4. The van der Waals surface area contributed by atoms with Crippen LogP contribution in [0, 0.1) is 18.7 Å². The van der Waals surface area contributed by atoms with E-state index in [2.05, 4.69) is 31.9 Å². The highest BCUT2D eigenvalue weighted by Crippen LogP contribution is 2.44. The number of nitrogens with one attached hydrogen (secondary N) is 1. The van der Waals surface area contributed by atoms with Crippen LogP contribution in [0.3, 0.4) is 0 Å². The number of fused-ring (bicyclic) bond motifs is 5. The SMILES string of the molecule is C=CC(=O)N1C[C@H]2CC[C@@H]1[C@H](c1ccc3ncnc(Nc4cc(C)c(Oc5ccn6ncnc6c5)cc4F)c3n1)C2. The predicted molar refractivity (Wildman–Crippen MR) is 151 cm³/mol. The third-order valence-corrected chi connectivity index (χ3v) is 8.12. The number of pyridine rings is 2. The Morgan fingerprint density at radius 3 is 2.90 bits per heavy atom. The van der Waals surface area contributed by atoms with Gasteiger partial charge in [0.25, 0.3) is 0 Å². The summed E-state index contributed by atoms with van der Waals surface area (Å²) in [6, 6.07) is 10.5. The highest BCUT2D eigenvalue weighted by Gasteiger charge is 2.43. The summed E-state index contributed by atoms with van der Waals surface area (Å²) in [6.07, 6.45) is 9.03. The minimum absolute atomic E-state index is 0.0340. The number of ether oxygens (including phenoxy) is 1. The lowest BCUT2D eigenvalue weighted by Gasteiger charge is -2.49. The van der Waals surface area contributed by atoms with Crippen LogP contribution in [0.4, 0.5) is 15.9 Å². The average Bonchev–Trinajstić information content (AvgIpc) is 3.47. The van der Waals surface area contributed by atoms with Gasteiger partial charge in [-0.25, -0.2) is 28.8 Å². The van der Waals surface area contributed by atoms with Crippen LogP contribution in [-0.2, 0) is 4.79 Å². The molecule has 8 rings (SSSR count). The Hall–Kier alpha value is -4.93. The van der Waals surface area contributed by atoms with Gasteiger partial charge in [0.2, 0.25) is 5.91 Å². The number of carbonyl (C=O) groups excluding carboxylic acids is 1. The van der Waals surface area contributed by atoms with Crippen molar-refractivity contribution in [3.63, 3.8) is 0 Å². The number of nitrogens with zero attached hydrogens (tertiary/aromatic N) is 7. The van der Waals surface area contributed by atoms with Gasteiger partial charge in [0.15, 0.2) is 11.5 Å². The standard InChI is InChI=1S/C30H27FN8O2/c1-3-28(40)38-14-18-4-7-25(38)20(11-18)22-5-6-23-29(36-22)30(34-15-32-23)37-24-10-17(2)26(13-21(24)31)41-19-8-9-39-27(12-19)33-16-35-39/h3,5-6,8-10,12-13,15-16,18,20,25H,1,4,7,11,14H2,2H3,(H,32,34,37)/t18-,20-,25+/m0/s1. The van der Waals surface area contributed by atoms with E-state index in [1.807, 2.05) is 24.0 Å². The molecule has 206 valence electrons. The maximum absolute atomic E-state index is 15.4. The van der Waals surface area contributed by atoms with Gasteiger partial charge in [-0.2, -0.15) is 5.10 Å². The van der Waals surface area contributed by atoms with Crippen molar-refractivity contribution >= 4 is 34.1 Å². The molecular formula is C30H27FN8O2. The number of amides is 1. The second kappa shape index (κ2) is 9.92. The van der Waals surface area contributed by atoms with Crippen molar-refractivity contribution < 1.29 is 13.9 Å². The summed E-state index contributed by atoms with van der Waals surface area (Å²) in [7, 11) is 0. The first kappa shape index (κ1) is 25.1. The van der Waals surface area contributed by atoms with Crippen molar-refractivity contribution in [3.05, 3.63) is 85.0 Å². The molecule has 3 aliphatic rings. The third kappa shape index (κ3) is 4.52. The largest absolute Gasteiger partial charge is 0.457 e. The molecule has 41 heavy (non-hydrogen) atoms. The molecule has 2 bridgehead atoms. The van der Waals surface area contributed by atoms with Gasteiger partial charge >= 0.3 is 0 Å². The summed E-state index contributed by atoms with van der Waals surface area (Å²) in [4.78, 5) is 32.4. The molecule has 11 heteroatoms. The fourth-order valence-electron chi connectivity index (χ4n) is 6.12. The van der Waals surface area contributed by atoms with Crippen molar-refractivity contribution in [2.75, 3.05) is 11.9 Å². The molecule has 1 saturated carbocycles. The van der Waals surface area contributed by atoms with Gasteiger partial charge in [-0.3, -0.25) is 4.79 Å². The number of hydrogen-bond acceptors (Lipinski definition) is 8. The molecule has 0 radical (unpaired) electrons. The Bertz CT molecular complexity index is 1820. The topological polar surface area (TPSA) is 110 Å². The highest BCUT2D eigenvalue weighted by molar-refractivity contribution is 5.88. The minimum atomic E-state index is -0.500. The molecule has 1 aliphatic carbocycles.